The van der Waals surface area contributed by atoms with Gasteiger partial charge in [0.25, 0.3) is 0 Å². The zero-order valence-corrected chi connectivity index (χ0v) is 17.4. The van der Waals surface area contributed by atoms with Crippen LogP contribution in [0.15, 0.2) is 24.5 Å². The van der Waals surface area contributed by atoms with Crippen LogP contribution in [0.5, 0.6) is 0 Å². The van der Waals surface area contributed by atoms with E-state index in [9.17, 15) is 10.4 Å². The number of aliphatic hydroxyl groups is 1. The van der Waals surface area contributed by atoms with E-state index in [0.717, 1.165) is 50.3 Å². The second-order valence-electron chi connectivity index (χ2n) is 8.87. The number of ether oxygens (including phenoxy) is 1. The molecule has 1 N–H and O–H groups in total. The van der Waals surface area contributed by atoms with Gasteiger partial charge in [0.05, 0.1) is 29.1 Å². The molecular formula is C22H29N5O2. The third-order valence-electron chi connectivity index (χ3n) is 6.12. The van der Waals surface area contributed by atoms with Gasteiger partial charge in [0, 0.05) is 44.5 Å². The molecule has 1 unspecified atom stereocenters. The summed E-state index contributed by atoms with van der Waals surface area (Å²) in [4.78, 5) is 13.6. The molecule has 1 aromatic heterocycles. The lowest BCUT2D eigenvalue weighted by Crippen LogP contribution is -2.50. The van der Waals surface area contributed by atoms with Crippen LogP contribution in [0.3, 0.4) is 0 Å². The van der Waals surface area contributed by atoms with Gasteiger partial charge in [-0.1, -0.05) is 0 Å². The number of benzene rings is 1. The molecular weight excluding hydrogens is 366 g/mol. The van der Waals surface area contributed by atoms with Crippen molar-refractivity contribution in [3.8, 4) is 6.07 Å². The molecule has 0 bridgehead atoms. The van der Waals surface area contributed by atoms with Crippen molar-refractivity contribution < 1.29 is 9.84 Å². The van der Waals surface area contributed by atoms with Crippen molar-refractivity contribution in [2.45, 2.75) is 45.0 Å². The Bertz CT molecular complexity index is 920. The molecule has 0 aliphatic carbocycles. The number of aromatic nitrogens is 2. The van der Waals surface area contributed by atoms with Crippen molar-refractivity contribution in [1.29, 1.82) is 5.26 Å². The first-order chi connectivity index (χ1) is 13.8. The molecule has 4 rings (SSSR count). The minimum atomic E-state index is -0.637. The number of hydrogen-bond acceptors (Lipinski definition) is 7. The van der Waals surface area contributed by atoms with E-state index in [1.54, 1.807) is 12.4 Å². The maximum Gasteiger partial charge on any atom is 0.113 e. The standard InChI is InChI=1S/C22H29N5O2/c1-15-11-27(19-5-4-16(10-23)20-21(19)25-8-7-24-20)14-18(29-15)13-26-9-6-17(12-26)22(2,3)28/h4-5,7-8,15,17-18,28H,6,9,11-14H2,1-3H3/t15-,17?,18+/m1/s1. The fourth-order valence-corrected chi connectivity index (χ4v) is 4.59. The van der Waals surface area contributed by atoms with Gasteiger partial charge in [-0.05, 0) is 45.9 Å². The molecule has 7 nitrogen and oxygen atoms in total. The molecule has 2 aromatic rings. The molecule has 7 heteroatoms. The average Bonchev–Trinajstić information content (AvgIpc) is 3.15. The summed E-state index contributed by atoms with van der Waals surface area (Å²) in [6.07, 6.45) is 4.51. The number of nitrogens with zero attached hydrogens (tertiary/aromatic N) is 5. The normalized spacial score (nSPS) is 26.0. The quantitative estimate of drug-likeness (QED) is 0.849. The highest BCUT2D eigenvalue weighted by molar-refractivity contribution is 5.92. The number of hydrogen-bond donors (Lipinski definition) is 1. The summed E-state index contributed by atoms with van der Waals surface area (Å²) < 4.78 is 6.24. The van der Waals surface area contributed by atoms with Crippen molar-refractivity contribution in [2.24, 2.45) is 5.92 Å². The molecule has 2 aliphatic rings. The highest BCUT2D eigenvalue weighted by Gasteiger charge is 2.36. The number of rotatable bonds is 4. The van der Waals surface area contributed by atoms with Crippen molar-refractivity contribution in [1.82, 2.24) is 14.9 Å². The Morgan fingerprint density at radius 3 is 2.66 bits per heavy atom. The monoisotopic (exact) mass is 395 g/mol. The molecule has 0 saturated carbocycles. The van der Waals surface area contributed by atoms with E-state index in [-0.39, 0.29) is 12.2 Å². The summed E-state index contributed by atoms with van der Waals surface area (Å²) in [5, 5.41) is 19.7. The van der Waals surface area contributed by atoms with Gasteiger partial charge in [-0.15, -0.1) is 0 Å². The molecule has 2 saturated heterocycles. The van der Waals surface area contributed by atoms with E-state index in [0.29, 0.717) is 17.0 Å². The Balaban J connectivity index is 1.52. The van der Waals surface area contributed by atoms with Gasteiger partial charge < -0.3 is 19.6 Å². The molecule has 2 fully saturated rings. The molecule has 3 heterocycles. The smallest absolute Gasteiger partial charge is 0.113 e. The number of fused-ring (bicyclic) bond motifs is 1. The minimum absolute atomic E-state index is 0.0849. The van der Waals surface area contributed by atoms with E-state index in [4.69, 9.17) is 4.74 Å². The maximum absolute atomic E-state index is 10.3. The lowest BCUT2D eigenvalue weighted by molar-refractivity contribution is -0.0326. The van der Waals surface area contributed by atoms with Crippen molar-refractivity contribution >= 4 is 16.7 Å². The van der Waals surface area contributed by atoms with E-state index in [1.807, 2.05) is 26.0 Å². The van der Waals surface area contributed by atoms with Crippen LogP contribution in [0.25, 0.3) is 11.0 Å². The predicted molar refractivity (Wildman–Crippen MR) is 112 cm³/mol. The van der Waals surface area contributed by atoms with Crippen molar-refractivity contribution in [2.75, 3.05) is 37.6 Å². The van der Waals surface area contributed by atoms with Crippen molar-refractivity contribution in [3.63, 3.8) is 0 Å². The predicted octanol–water partition coefficient (Wildman–Crippen LogP) is 2.19. The highest BCUT2D eigenvalue weighted by atomic mass is 16.5. The van der Waals surface area contributed by atoms with E-state index in [1.165, 1.54) is 0 Å². The molecule has 154 valence electrons. The summed E-state index contributed by atoms with van der Waals surface area (Å²) >= 11 is 0. The summed E-state index contributed by atoms with van der Waals surface area (Å²) in [5.41, 5.74) is 2.33. The van der Waals surface area contributed by atoms with Gasteiger partial charge in [-0.25, -0.2) is 0 Å². The lowest BCUT2D eigenvalue weighted by Gasteiger charge is -2.39. The summed E-state index contributed by atoms with van der Waals surface area (Å²) in [5.74, 6) is 0.303. The van der Waals surface area contributed by atoms with Gasteiger partial charge in [-0.3, -0.25) is 9.97 Å². The Kier molecular flexibility index (Phi) is 5.43. The second-order valence-corrected chi connectivity index (χ2v) is 8.87. The first kappa shape index (κ1) is 20.0. The van der Waals surface area contributed by atoms with Gasteiger partial charge in [-0.2, -0.15) is 5.26 Å². The number of likely N-dealkylation sites (tertiary alicyclic amines) is 1. The van der Waals surface area contributed by atoms with Crippen LogP contribution >= 0.6 is 0 Å². The fourth-order valence-electron chi connectivity index (χ4n) is 4.59. The lowest BCUT2D eigenvalue weighted by atomic mass is 9.90. The van der Waals surface area contributed by atoms with Gasteiger partial charge in [0.1, 0.15) is 17.1 Å². The van der Waals surface area contributed by atoms with Crippen LogP contribution in [0, 0.1) is 17.2 Å². The second kappa shape index (κ2) is 7.86. The number of anilines is 1. The van der Waals surface area contributed by atoms with Gasteiger partial charge in [0.2, 0.25) is 0 Å². The Hall–Kier alpha value is -2.27. The van der Waals surface area contributed by atoms with Crippen LogP contribution < -0.4 is 4.90 Å². The average molecular weight is 396 g/mol. The zero-order chi connectivity index (χ0) is 20.6. The van der Waals surface area contributed by atoms with E-state index in [2.05, 4.69) is 32.8 Å². The molecule has 2 aliphatic heterocycles. The summed E-state index contributed by atoms with van der Waals surface area (Å²) in [7, 11) is 0. The fraction of sp³-hybridized carbons (Fsp3) is 0.591. The number of morpholine rings is 1. The Morgan fingerprint density at radius 2 is 1.97 bits per heavy atom. The third-order valence-corrected chi connectivity index (χ3v) is 6.12. The van der Waals surface area contributed by atoms with Gasteiger partial charge >= 0.3 is 0 Å². The van der Waals surface area contributed by atoms with E-state index >= 15 is 0 Å². The van der Waals surface area contributed by atoms with Crippen LogP contribution in [-0.2, 0) is 4.74 Å². The van der Waals surface area contributed by atoms with Crippen LogP contribution in [0.2, 0.25) is 0 Å². The third kappa shape index (κ3) is 4.20. The summed E-state index contributed by atoms with van der Waals surface area (Å²) in [6.45, 7) is 10.2. The van der Waals surface area contributed by atoms with Gasteiger partial charge in [0.15, 0.2) is 0 Å². The zero-order valence-electron chi connectivity index (χ0n) is 17.4. The van der Waals surface area contributed by atoms with Crippen LogP contribution in [0.1, 0.15) is 32.8 Å². The molecule has 29 heavy (non-hydrogen) atoms. The molecule has 0 radical (unpaired) electrons. The first-order valence-electron chi connectivity index (χ1n) is 10.3. The molecule has 0 spiro atoms. The minimum Gasteiger partial charge on any atom is -0.390 e. The van der Waals surface area contributed by atoms with Crippen LogP contribution in [-0.4, -0.2) is 70.5 Å². The summed E-state index contributed by atoms with van der Waals surface area (Å²) in [6, 6.07) is 6.02. The van der Waals surface area contributed by atoms with E-state index < -0.39 is 5.60 Å². The largest absolute Gasteiger partial charge is 0.390 e. The maximum atomic E-state index is 10.3. The Morgan fingerprint density at radius 1 is 1.21 bits per heavy atom. The highest BCUT2D eigenvalue weighted by Crippen LogP contribution is 2.30. The Labute approximate surface area is 171 Å². The molecule has 1 aromatic carbocycles. The molecule has 3 atom stereocenters. The van der Waals surface area contributed by atoms with Crippen LogP contribution in [0.4, 0.5) is 5.69 Å². The van der Waals surface area contributed by atoms with Crippen molar-refractivity contribution in [3.05, 3.63) is 30.1 Å². The topological polar surface area (TPSA) is 85.5 Å². The SMILES string of the molecule is C[C@@H]1CN(c2ccc(C#N)c3nccnc23)C[C@H](CN2CCC(C(C)(C)O)C2)O1. The number of nitriles is 1. The molecule has 0 amide bonds. The first-order valence-corrected chi connectivity index (χ1v) is 10.3.